The van der Waals surface area contributed by atoms with Gasteiger partial charge >= 0.3 is 0 Å². The molecule has 2 aliphatic heterocycles. The van der Waals surface area contributed by atoms with Gasteiger partial charge in [-0.3, -0.25) is 4.79 Å². The Morgan fingerprint density at radius 3 is 2.44 bits per heavy atom. The van der Waals surface area contributed by atoms with Crippen molar-refractivity contribution in [1.29, 1.82) is 0 Å². The van der Waals surface area contributed by atoms with Crippen LogP contribution in [0.15, 0.2) is 46.6 Å². The first kappa shape index (κ1) is 16.1. The molecule has 2 aliphatic rings. The second kappa shape index (κ2) is 5.33. The van der Waals surface area contributed by atoms with Crippen LogP contribution in [0.2, 0.25) is 0 Å². The number of aromatic nitrogens is 1. The number of hydrogen-bond acceptors (Lipinski definition) is 4. The summed E-state index contributed by atoms with van der Waals surface area (Å²) in [6.07, 6.45) is 1.77. The van der Waals surface area contributed by atoms with Crippen LogP contribution < -0.4 is 10.5 Å². The monoisotopic (exact) mass is 356 g/mol. The van der Waals surface area contributed by atoms with Crippen LogP contribution in [-0.2, 0) is 9.84 Å². The zero-order chi connectivity index (χ0) is 17.8. The first-order valence-corrected chi connectivity index (χ1v) is 9.96. The van der Waals surface area contributed by atoms with Crippen LogP contribution in [0.4, 0.5) is 5.69 Å². The van der Waals surface area contributed by atoms with Gasteiger partial charge < -0.3 is 9.88 Å². The summed E-state index contributed by atoms with van der Waals surface area (Å²) in [5.41, 5.74) is 4.30. The molecular weight excluding hydrogens is 336 g/mol. The Hall–Kier alpha value is -2.34. The number of aromatic amines is 1. The van der Waals surface area contributed by atoms with E-state index in [1.54, 1.807) is 6.08 Å². The molecular formula is C19H20N2O3S. The number of rotatable bonds is 2. The smallest absolute Gasteiger partial charge is 0.271 e. The fraction of sp³-hybridized carbons (Fsp3) is 0.316. The predicted molar refractivity (Wildman–Crippen MR) is 99.5 cm³/mol. The number of pyridine rings is 1. The highest BCUT2D eigenvalue weighted by Crippen LogP contribution is 2.39. The van der Waals surface area contributed by atoms with Gasteiger partial charge in [0.25, 0.3) is 5.56 Å². The summed E-state index contributed by atoms with van der Waals surface area (Å²) in [6, 6.07) is 9.84. The minimum atomic E-state index is -3.07. The molecule has 0 bridgehead atoms. The van der Waals surface area contributed by atoms with E-state index < -0.39 is 9.84 Å². The number of aryl methyl sites for hydroxylation is 2. The van der Waals surface area contributed by atoms with Gasteiger partial charge in [0.05, 0.1) is 5.75 Å². The molecule has 4 rings (SSSR count). The third kappa shape index (κ3) is 2.80. The number of nitrogens with one attached hydrogen (secondary N) is 1. The average molecular weight is 356 g/mol. The van der Waals surface area contributed by atoms with Gasteiger partial charge in [-0.05, 0) is 48.7 Å². The Labute approximate surface area is 146 Å². The maximum atomic E-state index is 12.5. The maximum Gasteiger partial charge on any atom is 0.271 e. The molecule has 1 saturated heterocycles. The number of benzene rings is 1. The van der Waals surface area contributed by atoms with E-state index in [0.29, 0.717) is 18.8 Å². The summed E-state index contributed by atoms with van der Waals surface area (Å²) in [5, 5.41) is 1.30. The Morgan fingerprint density at radius 2 is 1.84 bits per heavy atom. The van der Waals surface area contributed by atoms with E-state index in [1.807, 2.05) is 36.1 Å². The number of nitrogens with zero attached hydrogens (tertiary/aromatic N) is 1. The SMILES string of the molecule is Cc1ccc(-c2ccc(N3CC4(C=CS(=O)(=O)C4)C3)c(=O)[nH]2)cc1C. The van der Waals surface area contributed by atoms with Gasteiger partial charge in [0.1, 0.15) is 5.69 Å². The molecule has 0 saturated carbocycles. The topological polar surface area (TPSA) is 70.2 Å². The lowest BCUT2D eigenvalue weighted by Gasteiger charge is -2.47. The first-order valence-electron chi connectivity index (χ1n) is 8.25. The van der Waals surface area contributed by atoms with Crippen LogP contribution in [0.25, 0.3) is 11.3 Å². The van der Waals surface area contributed by atoms with Crippen molar-refractivity contribution >= 4 is 15.5 Å². The molecule has 0 unspecified atom stereocenters. The number of sulfone groups is 1. The van der Waals surface area contributed by atoms with Gasteiger partial charge in [-0.1, -0.05) is 18.2 Å². The van der Waals surface area contributed by atoms with Crippen molar-refractivity contribution in [2.45, 2.75) is 13.8 Å². The molecule has 130 valence electrons. The van der Waals surface area contributed by atoms with E-state index in [1.165, 1.54) is 16.5 Å². The molecule has 3 heterocycles. The minimum Gasteiger partial charge on any atom is -0.365 e. The molecule has 1 aromatic heterocycles. The number of H-pyrrole nitrogens is 1. The van der Waals surface area contributed by atoms with Crippen molar-refractivity contribution in [2.24, 2.45) is 5.41 Å². The molecule has 2 aromatic rings. The van der Waals surface area contributed by atoms with E-state index in [-0.39, 0.29) is 16.7 Å². The van der Waals surface area contributed by atoms with E-state index in [0.717, 1.165) is 11.3 Å². The fourth-order valence-electron chi connectivity index (χ4n) is 3.62. The highest BCUT2D eigenvalue weighted by atomic mass is 32.2. The normalized spacial score (nSPS) is 20.0. The molecule has 25 heavy (non-hydrogen) atoms. The standard InChI is InChI=1S/C19H20N2O3S/c1-13-3-4-15(9-14(13)2)16-5-6-17(18(22)20-16)21-10-19(11-21)7-8-25(23,24)12-19/h3-9H,10-12H2,1-2H3,(H,20,22). The van der Waals surface area contributed by atoms with Gasteiger partial charge in [0.15, 0.2) is 9.84 Å². The third-order valence-corrected chi connectivity index (χ3v) is 6.70. The summed E-state index contributed by atoms with van der Waals surface area (Å²) < 4.78 is 23.3. The van der Waals surface area contributed by atoms with Crippen LogP contribution in [-0.4, -0.2) is 32.2 Å². The Morgan fingerprint density at radius 1 is 1.08 bits per heavy atom. The van der Waals surface area contributed by atoms with Crippen LogP contribution in [0, 0.1) is 19.3 Å². The summed E-state index contributed by atoms with van der Waals surface area (Å²) in [4.78, 5) is 17.4. The highest BCUT2D eigenvalue weighted by Gasteiger charge is 2.47. The Kier molecular flexibility index (Phi) is 3.44. The van der Waals surface area contributed by atoms with Crippen molar-refractivity contribution < 1.29 is 8.42 Å². The largest absolute Gasteiger partial charge is 0.365 e. The van der Waals surface area contributed by atoms with Gasteiger partial charge in [0, 0.05) is 29.6 Å². The van der Waals surface area contributed by atoms with E-state index in [4.69, 9.17) is 0 Å². The van der Waals surface area contributed by atoms with Crippen LogP contribution >= 0.6 is 0 Å². The lowest BCUT2D eigenvalue weighted by Crippen LogP contribution is -2.58. The second-order valence-electron chi connectivity index (χ2n) is 7.21. The van der Waals surface area contributed by atoms with Crippen molar-refractivity contribution in [1.82, 2.24) is 4.98 Å². The zero-order valence-corrected chi connectivity index (χ0v) is 15.1. The summed E-state index contributed by atoms with van der Waals surface area (Å²) in [7, 11) is -3.07. The van der Waals surface area contributed by atoms with E-state index in [9.17, 15) is 13.2 Å². The van der Waals surface area contributed by atoms with Gasteiger partial charge in [-0.15, -0.1) is 0 Å². The molecule has 0 radical (unpaired) electrons. The molecule has 0 atom stereocenters. The lowest BCUT2D eigenvalue weighted by molar-refractivity contribution is 0.332. The fourth-order valence-corrected chi connectivity index (χ4v) is 5.29. The molecule has 5 nitrogen and oxygen atoms in total. The van der Waals surface area contributed by atoms with Crippen molar-refractivity contribution in [3.63, 3.8) is 0 Å². The average Bonchev–Trinajstić information content (AvgIpc) is 2.85. The van der Waals surface area contributed by atoms with Crippen molar-refractivity contribution in [2.75, 3.05) is 23.7 Å². The summed E-state index contributed by atoms with van der Waals surface area (Å²) >= 11 is 0. The van der Waals surface area contributed by atoms with Crippen LogP contribution in [0.1, 0.15) is 11.1 Å². The highest BCUT2D eigenvalue weighted by molar-refractivity contribution is 7.94. The molecule has 1 aromatic carbocycles. The molecule has 6 heteroatoms. The van der Waals surface area contributed by atoms with Crippen molar-refractivity contribution in [3.8, 4) is 11.3 Å². The second-order valence-corrected chi connectivity index (χ2v) is 9.10. The van der Waals surface area contributed by atoms with Gasteiger partial charge in [0.2, 0.25) is 0 Å². The predicted octanol–water partition coefficient (Wildman–Crippen LogP) is 2.41. The van der Waals surface area contributed by atoms with E-state index in [2.05, 4.69) is 18.0 Å². The molecule has 1 spiro atoms. The number of anilines is 1. The molecule has 1 N–H and O–H groups in total. The zero-order valence-electron chi connectivity index (χ0n) is 14.2. The van der Waals surface area contributed by atoms with Gasteiger partial charge in [-0.2, -0.15) is 0 Å². The molecule has 0 aliphatic carbocycles. The van der Waals surface area contributed by atoms with Gasteiger partial charge in [-0.25, -0.2) is 8.42 Å². The van der Waals surface area contributed by atoms with Crippen LogP contribution in [0.5, 0.6) is 0 Å². The van der Waals surface area contributed by atoms with Crippen LogP contribution in [0.3, 0.4) is 0 Å². The Balaban J connectivity index is 1.57. The summed E-state index contributed by atoms with van der Waals surface area (Å²) in [6.45, 7) is 5.24. The quantitative estimate of drug-likeness (QED) is 0.897. The minimum absolute atomic E-state index is 0.143. The first-order chi connectivity index (χ1) is 11.8. The number of hydrogen-bond donors (Lipinski definition) is 1. The molecule has 1 fully saturated rings. The van der Waals surface area contributed by atoms with E-state index >= 15 is 0 Å². The maximum absolute atomic E-state index is 12.5. The molecule has 0 amide bonds. The van der Waals surface area contributed by atoms with Crippen molar-refractivity contribution in [3.05, 3.63) is 63.3 Å². The summed E-state index contributed by atoms with van der Waals surface area (Å²) in [5.74, 6) is 0.148. The lowest BCUT2D eigenvalue weighted by atomic mass is 9.82. The Bertz CT molecular complexity index is 1040. The third-order valence-electron chi connectivity index (χ3n) is 5.18.